The van der Waals surface area contributed by atoms with Gasteiger partial charge in [-0.25, -0.2) is 0 Å². The lowest BCUT2D eigenvalue weighted by Gasteiger charge is -2.30. The SMILES string of the molecule is CCCNCC(C)(CCC)Cc1ccccc1C. The molecule has 1 rings (SSSR count). The van der Waals surface area contributed by atoms with Crippen molar-refractivity contribution in [3.63, 3.8) is 0 Å². The van der Waals surface area contributed by atoms with E-state index in [0.29, 0.717) is 5.41 Å². The van der Waals surface area contributed by atoms with Gasteiger partial charge in [0, 0.05) is 6.54 Å². The van der Waals surface area contributed by atoms with Crippen molar-refractivity contribution in [2.24, 2.45) is 5.41 Å². The third-order valence-electron chi connectivity index (χ3n) is 3.71. The number of aryl methyl sites for hydroxylation is 1. The Hall–Kier alpha value is -0.820. The van der Waals surface area contributed by atoms with Crippen LogP contribution < -0.4 is 5.32 Å². The minimum Gasteiger partial charge on any atom is -0.316 e. The molecular formula is C17H29N. The maximum absolute atomic E-state index is 3.60. The van der Waals surface area contributed by atoms with Crippen molar-refractivity contribution in [1.82, 2.24) is 5.32 Å². The molecule has 0 saturated heterocycles. The molecule has 0 aliphatic rings. The molecule has 0 aliphatic heterocycles. The van der Waals surface area contributed by atoms with Crippen molar-refractivity contribution >= 4 is 0 Å². The first-order chi connectivity index (χ1) is 8.61. The standard InChI is InChI=1S/C17H29N/c1-5-11-17(4,14-18-12-6-2)13-16-10-8-7-9-15(16)3/h7-10,18H,5-6,11-14H2,1-4H3. The van der Waals surface area contributed by atoms with Crippen molar-refractivity contribution in [2.45, 2.75) is 53.4 Å². The fraction of sp³-hybridized carbons (Fsp3) is 0.647. The largest absolute Gasteiger partial charge is 0.316 e. The second-order valence-electron chi connectivity index (χ2n) is 5.84. The van der Waals surface area contributed by atoms with Crippen LogP contribution >= 0.6 is 0 Å². The van der Waals surface area contributed by atoms with E-state index in [2.05, 4.69) is 57.3 Å². The predicted octanol–water partition coefficient (Wildman–Crippen LogP) is 4.34. The van der Waals surface area contributed by atoms with Gasteiger partial charge in [0.25, 0.3) is 0 Å². The highest BCUT2D eigenvalue weighted by Gasteiger charge is 2.23. The average molecular weight is 247 g/mol. The van der Waals surface area contributed by atoms with Gasteiger partial charge >= 0.3 is 0 Å². The molecule has 1 atom stereocenters. The fourth-order valence-electron chi connectivity index (χ4n) is 2.68. The van der Waals surface area contributed by atoms with Crippen molar-refractivity contribution in [1.29, 1.82) is 0 Å². The second-order valence-corrected chi connectivity index (χ2v) is 5.84. The molecule has 102 valence electrons. The lowest BCUT2D eigenvalue weighted by molar-refractivity contribution is 0.275. The van der Waals surface area contributed by atoms with E-state index in [1.807, 2.05) is 0 Å². The third-order valence-corrected chi connectivity index (χ3v) is 3.71. The number of nitrogens with one attached hydrogen (secondary N) is 1. The quantitative estimate of drug-likeness (QED) is 0.674. The highest BCUT2D eigenvalue weighted by molar-refractivity contribution is 5.26. The van der Waals surface area contributed by atoms with E-state index in [4.69, 9.17) is 0 Å². The van der Waals surface area contributed by atoms with Gasteiger partial charge in [0.15, 0.2) is 0 Å². The van der Waals surface area contributed by atoms with Crippen molar-refractivity contribution < 1.29 is 0 Å². The molecule has 0 aromatic heterocycles. The first-order valence-electron chi connectivity index (χ1n) is 7.36. The van der Waals surface area contributed by atoms with Gasteiger partial charge < -0.3 is 5.32 Å². The van der Waals surface area contributed by atoms with Crippen LogP contribution in [0.1, 0.15) is 51.2 Å². The lowest BCUT2D eigenvalue weighted by atomic mass is 9.78. The van der Waals surface area contributed by atoms with Crippen LogP contribution in [0.2, 0.25) is 0 Å². The zero-order valence-electron chi connectivity index (χ0n) is 12.6. The molecule has 1 aromatic rings. The minimum absolute atomic E-state index is 0.385. The molecule has 0 aliphatic carbocycles. The molecule has 0 spiro atoms. The first kappa shape index (κ1) is 15.2. The molecule has 1 heteroatoms. The van der Waals surface area contributed by atoms with E-state index in [1.54, 1.807) is 0 Å². The summed E-state index contributed by atoms with van der Waals surface area (Å²) in [6.07, 6.45) is 4.95. The molecule has 0 fully saturated rings. The summed E-state index contributed by atoms with van der Waals surface area (Å²) in [5, 5.41) is 3.60. The normalized spacial score (nSPS) is 14.4. The smallest absolute Gasteiger partial charge is 0.000834 e. The first-order valence-corrected chi connectivity index (χ1v) is 7.36. The third kappa shape index (κ3) is 4.81. The maximum atomic E-state index is 3.60. The van der Waals surface area contributed by atoms with E-state index in [1.165, 1.54) is 36.8 Å². The highest BCUT2D eigenvalue weighted by atomic mass is 14.9. The van der Waals surface area contributed by atoms with Gasteiger partial charge in [0.1, 0.15) is 0 Å². The van der Waals surface area contributed by atoms with Crippen molar-refractivity contribution in [3.05, 3.63) is 35.4 Å². The van der Waals surface area contributed by atoms with E-state index in [-0.39, 0.29) is 0 Å². The monoisotopic (exact) mass is 247 g/mol. The average Bonchev–Trinajstić information content (AvgIpc) is 2.33. The van der Waals surface area contributed by atoms with E-state index in [9.17, 15) is 0 Å². The van der Waals surface area contributed by atoms with Gasteiger partial charge in [-0.3, -0.25) is 0 Å². The summed E-state index contributed by atoms with van der Waals surface area (Å²) in [4.78, 5) is 0. The number of hydrogen-bond donors (Lipinski definition) is 1. The van der Waals surface area contributed by atoms with Crippen molar-refractivity contribution in [2.75, 3.05) is 13.1 Å². The summed E-state index contributed by atoms with van der Waals surface area (Å²) in [6, 6.07) is 8.80. The maximum Gasteiger partial charge on any atom is 0.000834 e. The zero-order chi connectivity index (χ0) is 13.4. The van der Waals surface area contributed by atoms with E-state index in [0.717, 1.165) is 13.1 Å². The van der Waals surface area contributed by atoms with Crippen LogP contribution in [0.25, 0.3) is 0 Å². The number of rotatable bonds is 8. The zero-order valence-corrected chi connectivity index (χ0v) is 12.6. The Morgan fingerprint density at radius 1 is 1.11 bits per heavy atom. The Bertz CT molecular complexity index is 345. The topological polar surface area (TPSA) is 12.0 Å². The molecule has 1 nitrogen and oxygen atoms in total. The molecular weight excluding hydrogens is 218 g/mol. The Morgan fingerprint density at radius 2 is 1.83 bits per heavy atom. The van der Waals surface area contributed by atoms with Gasteiger partial charge in [-0.2, -0.15) is 0 Å². The van der Waals surface area contributed by atoms with Gasteiger partial charge in [-0.1, -0.05) is 51.5 Å². The van der Waals surface area contributed by atoms with Crippen LogP contribution in [0.3, 0.4) is 0 Å². The molecule has 18 heavy (non-hydrogen) atoms. The summed E-state index contributed by atoms with van der Waals surface area (Å²) in [5.74, 6) is 0. The number of benzene rings is 1. The molecule has 1 aromatic carbocycles. The summed E-state index contributed by atoms with van der Waals surface area (Å²) >= 11 is 0. The van der Waals surface area contributed by atoms with Crippen LogP contribution in [0.5, 0.6) is 0 Å². The minimum atomic E-state index is 0.385. The van der Waals surface area contributed by atoms with Gasteiger partial charge in [-0.05, 0) is 49.3 Å². The van der Waals surface area contributed by atoms with Gasteiger partial charge in [0.2, 0.25) is 0 Å². The summed E-state index contributed by atoms with van der Waals surface area (Å²) in [5.41, 5.74) is 3.32. The Labute approximate surface area is 113 Å². The summed E-state index contributed by atoms with van der Waals surface area (Å²) in [6.45, 7) is 11.4. The summed E-state index contributed by atoms with van der Waals surface area (Å²) in [7, 11) is 0. The van der Waals surface area contributed by atoms with Crippen LogP contribution in [-0.2, 0) is 6.42 Å². The highest BCUT2D eigenvalue weighted by Crippen LogP contribution is 2.28. The van der Waals surface area contributed by atoms with Crippen LogP contribution in [0.4, 0.5) is 0 Å². The fourth-order valence-corrected chi connectivity index (χ4v) is 2.68. The molecule has 0 bridgehead atoms. The Kier molecular flexibility index (Phi) is 6.42. The van der Waals surface area contributed by atoms with E-state index >= 15 is 0 Å². The Balaban J connectivity index is 2.69. The molecule has 1 N–H and O–H groups in total. The summed E-state index contributed by atoms with van der Waals surface area (Å²) < 4.78 is 0. The van der Waals surface area contributed by atoms with Crippen LogP contribution in [-0.4, -0.2) is 13.1 Å². The molecule has 0 heterocycles. The molecule has 0 saturated carbocycles. The van der Waals surface area contributed by atoms with Gasteiger partial charge in [0.05, 0.1) is 0 Å². The molecule has 1 unspecified atom stereocenters. The molecule has 0 radical (unpaired) electrons. The lowest BCUT2D eigenvalue weighted by Crippen LogP contribution is -2.34. The molecule has 0 amide bonds. The second kappa shape index (κ2) is 7.58. The van der Waals surface area contributed by atoms with Gasteiger partial charge in [-0.15, -0.1) is 0 Å². The Morgan fingerprint density at radius 3 is 2.44 bits per heavy atom. The van der Waals surface area contributed by atoms with Crippen molar-refractivity contribution in [3.8, 4) is 0 Å². The number of hydrogen-bond acceptors (Lipinski definition) is 1. The van der Waals surface area contributed by atoms with Crippen LogP contribution in [0.15, 0.2) is 24.3 Å². The van der Waals surface area contributed by atoms with Crippen LogP contribution in [0, 0.1) is 12.3 Å². The predicted molar refractivity (Wildman–Crippen MR) is 81.1 cm³/mol. The van der Waals surface area contributed by atoms with E-state index < -0.39 is 0 Å².